The van der Waals surface area contributed by atoms with Crippen molar-refractivity contribution in [1.29, 1.82) is 0 Å². The van der Waals surface area contributed by atoms with Crippen LogP contribution in [0, 0.1) is 0 Å². The lowest BCUT2D eigenvalue weighted by Gasteiger charge is -2.36. The predicted octanol–water partition coefficient (Wildman–Crippen LogP) is 2.99. The van der Waals surface area contributed by atoms with Crippen molar-refractivity contribution in [2.24, 2.45) is 0 Å². The monoisotopic (exact) mass is 382 g/mol. The van der Waals surface area contributed by atoms with E-state index in [1.165, 1.54) is 0 Å². The van der Waals surface area contributed by atoms with Gasteiger partial charge in [-0.15, -0.1) is 10.2 Å². The third kappa shape index (κ3) is 4.87. The molecule has 1 saturated heterocycles. The Morgan fingerprint density at radius 2 is 1.68 bits per heavy atom. The van der Waals surface area contributed by atoms with Crippen LogP contribution < -0.4 is 14.4 Å². The fraction of sp³-hybridized carbons (Fsp3) is 0.412. The van der Waals surface area contributed by atoms with Gasteiger partial charge in [0.05, 0.1) is 12.8 Å². The lowest BCUT2D eigenvalue weighted by molar-refractivity contribution is 0.200. The van der Waals surface area contributed by atoms with Crippen molar-refractivity contribution in [2.75, 3.05) is 51.3 Å². The minimum Gasteiger partial charge on any atom is -0.497 e. The van der Waals surface area contributed by atoms with Crippen molar-refractivity contribution >= 4 is 28.9 Å². The van der Waals surface area contributed by atoms with Gasteiger partial charge in [-0.25, -0.2) is 0 Å². The Labute approximate surface area is 157 Å². The number of nitrogens with zero attached hydrogens (tertiary/aromatic N) is 4. The summed E-state index contributed by atoms with van der Waals surface area (Å²) in [5.74, 6) is 1.68. The van der Waals surface area contributed by atoms with E-state index in [0.29, 0.717) is 16.9 Å². The van der Waals surface area contributed by atoms with Crippen LogP contribution in [0.3, 0.4) is 0 Å². The van der Waals surface area contributed by atoms with Crippen LogP contribution in [0.4, 0.5) is 5.69 Å². The summed E-state index contributed by atoms with van der Waals surface area (Å²) in [5, 5.41) is 8.36. The van der Waals surface area contributed by atoms with Crippen LogP contribution in [0.2, 0.25) is 10.3 Å². The third-order valence-electron chi connectivity index (χ3n) is 4.15. The molecule has 2 aromatic rings. The van der Waals surface area contributed by atoms with Crippen LogP contribution in [-0.4, -0.2) is 61.5 Å². The number of benzene rings is 1. The van der Waals surface area contributed by atoms with Gasteiger partial charge < -0.3 is 14.4 Å². The van der Waals surface area contributed by atoms with Gasteiger partial charge in [-0.3, -0.25) is 4.90 Å². The van der Waals surface area contributed by atoms with Gasteiger partial charge in [0.2, 0.25) is 0 Å². The Morgan fingerprint density at radius 3 is 2.36 bits per heavy atom. The smallest absolute Gasteiger partial charge is 0.175 e. The number of halogens is 2. The molecular formula is C17H20Cl2N4O2. The lowest BCUT2D eigenvalue weighted by Crippen LogP contribution is -2.47. The van der Waals surface area contributed by atoms with E-state index in [-0.39, 0.29) is 0 Å². The maximum Gasteiger partial charge on any atom is 0.175 e. The van der Waals surface area contributed by atoms with Crippen LogP contribution in [0.15, 0.2) is 30.3 Å². The quantitative estimate of drug-likeness (QED) is 0.765. The van der Waals surface area contributed by atoms with E-state index >= 15 is 0 Å². The summed E-state index contributed by atoms with van der Waals surface area (Å²) in [7, 11) is 1.65. The zero-order valence-electron chi connectivity index (χ0n) is 14.0. The van der Waals surface area contributed by atoms with E-state index in [1.807, 2.05) is 24.3 Å². The normalized spacial score (nSPS) is 15.2. The van der Waals surface area contributed by atoms with Gasteiger partial charge in [0.15, 0.2) is 10.3 Å². The first-order chi connectivity index (χ1) is 12.2. The zero-order chi connectivity index (χ0) is 17.6. The minimum atomic E-state index is 0.356. The molecule has 2 heterocycles. The highest BCUT2D eigenvalue weighted by molar-refractivity contribution is 6.33. The molecular weight excluding hydrogens is 363 g/mol. The highest BCUT2D eigenvalue weighted by Crippen LogP contribution is 2.26. The number of methoxy groups -OCH3 is 1. The molecule has 3 rings (SSSR count). The Hall–Kier alpha value is -1.76. The number of hydrogen-bond donors (Lipinski definition) is 0. The SMILES string of the molecule is COc1ccc(OCCN2CCN(c3cc(Cl)nnc3Cl)CC2)cc1. The molecule has 1 aromatic carbocycles. The molecule has 8 heteroatoms. The van der Waals surface area contributed by atoms with Crippen LogP contribution in [-0.2, 0) is 0 Å². The average Bonchev–Trinajstić information content (AvgIpc) is 2.65. The number of piperazine rings is 1. The number of hydrogen-bond acceptors (Lipinski definition) is 6. The molecule has 0 atom stereocenters. The summed E-state index contributed by atoms with van der Waals surface area (Å²) in [6.07, 6.45) is 0. The van der Waals surface area contributed by atoms with Crippen molar-refractivity contribution in [1.82, 2.24) is 15.1 Å². The van der Waals surface area contributed by atoms with Crippen LogP contribution in [0.25, 0.3) is 0 Å². The van der Waals surface area contributed by atoms with Gasteiger partial charge in [-0.05, 0) is 24.3 Å². The summed E-state index contributed by atoms with van der Waals surface area (Å²) in [5.41, 5.74) is 0.843. The number of ether oxygens (including phenoxy) is 2. The zero-order valence-corrected chi connectivity index (χ0v) is 15.5. The summed E-state index contributed by atoms with van der Waals surface area (Å²) >= 11 is 12.0. The molecule has 134 valence electrons. The predicted molar refractivity (Wildman–Crippen MR) is 99.2 cm³/mol. The van der Waals surface area contributed by atoms with Gasteiger partial charge in [-0.2, -0.15) is 0 Å². The molecule has 0 spiro atoms. The van der Waals surface area contributed by atoms with Gasteiger partial charge in [0, 0.05) is 38.8 Å². The summed E-state index contributed by atoms with van der Waals surface area (Å²) in [6.45, 7) is 5.12. The molecule has 1 fully saturated rings. The van der Waals surface area contributed by atoms with E-state index in [4.69, 9.17) is 32.7 Å². The second-order valence-electron chi connectivity index (χ2n) is 5.70. The summed E-state index contributed by atoms with van der Waals surface area (Å²) < 4.78 is 10.9. The van der Waals surface area contributed by atoms with E-state index in [9.17, 15) is 0 Å². The first kappa shape index (κ1) is 18.0. The molecule has 1 aromatic heterocycles. The Balaban J connectivity index is 1.44. The van der Waals surface area contributed by atoms with Crippen molar-refractivity contribution in [3.05, 3.63) is 40.6 Å². The molecule has 0 unspecified atom stereocenters. The lowest BCUT2D eigenvalue weighted by atomic mass is 10.3. The second-order valence-corrected chi connectivity index (χ2v) is 6.44. The first-order valence-corrected chi connectivity index (χ1v) is 8.84. The van der Waals surface area contributed by atoms with Gasteiger partial charge in [0.1, 0.15) is 18.1 Å². The van der Waals surface area contributed by atoms with E-state index in [2.05, 4.69) is 20.0 Å². The fourth-order valence-corrected chi connectivity index (χ4v) is 3.10. The average molecular weight is 383 g/mol. The topological polar surface area (TPSA) is 50.7 Å². The first-order valence-electron chi connectivity index (χ1n) is 8.08. The highest BCUT2D eigenvalue weighted by atomic mass is 35.5. The van der Waals surface area contributed by atoms with Gasteiger partial charge in [-0.1, -0.05) is 23.2 Å². The number of aromatic nitrogens is 2. The van der Waals surface area contributed by atoms with Gasteiger partial charge in [0.25, 0.3) is 0 Å². The molecule has 0 radical (unpaired) electrons. The fourth-order valence-electron chi connectivity index (χ4n) is 2.74. The summed E-state index contributed by atoms with van der Waals surface area (Å²) in [6, 6.07) is 9.38. The van der Waals surface area contributed by atoms with E-state index in [0.717, 1.165) is 49.9 Å². The van der Waals surface area contributed by atoms with Crippen LogP contribution in [0.1, 0.15) is 0 Å². The second kappa shape index (κ2) is 8.56. The van der Waals surface area contributed by atoms with Crippen molar-refractivity contribution in [3.8, 4) is 11.5 Å². The standard InChI is InChI=1S/C17H20Cl2N4O2/c1-24-13-2-4-14(5-3-13)25-11-10-22-6-8-23(9-7-22)15-12-16(18)20-21-17(15)19/h2-5,12H,6-11H2,1H3. The van der Waals surface area contributed by atoms with E-state index < -0.39 is 0 Å². The maximum atomic E-state index is 6.12. The van der Waals surface area contributed by atoms with Crippen LogP contribution in [0.5, 0.6) is 11.5 Å². The molecule has 0 aliphatic carbocycles. The molecule has 6 nitrogen and oxygen atoms in total. The van der Waals surface area contributed by atoms with Crippen molar-refractivity contribution in [2.45, 2.75) is 0 Å². The van der Waals surface area contributed by atoms with E-state index in [1.54, 1.807) is 13.2 Å². The maximum absolute atomic E-state index is 6.12. The number of rotatable bonds is 6. The summed E-state index contributed by atoms with van der Waals surface area (Å²) in [4.78, 5) is 4.55. The number of anilines is 1. The largest absolute Gasteiger partial charge is 0.497 e. The molecule has 0 saturated carbocycles. The van der Waals surface area contributed by atoms with Crippen molar-refractivity contribution in [3.63, 3.8) is 0 Å². The van der Waals surface area contributed by atoms with Crippen molar-refractivity contribution < 1.29 is 9.47 Å². The molecule has 0 N–H and O–H groups in total. The van der Waals surface area contributed by atoms with Crippen LogP contribution >= 0.6 is 23.2 Å². The molecule has 0 amide bonds. The molecule has 1 aliphatic rings. The third-order valence-corrected chi connectivity index (χ3v) is 4.60. The highest BCUT2D eigenvalue weighted by Gasteiger charge is 2.20. The Kier molecular flexibility index (Phi) is 6.18. The molecule has 25 heavy (non-hydrogen) atoms. The molecule has 1 aliphatic heterocycles. The Morgan fingerprint density at radius 1 is 1.00 bits per heavy atom. The van der Waals surface area contributed by atoms with Gasteiger partial charge >= 0.3 is 0 Å². The Bertz CT molecular complexity index is 692. The minimum absolute atomic E-state index is 0.356. The molecule has 0 bridgehead atoms.